The molecular formula is C15H14BrN3O4S. The average Bonchev–Trinajstić information content (AvgIpc) is 3.04. The number of ether oxygens (including phenoxy) is 2. The van der Waals surface area contributed by atoms with Crippen LogP contribution in [0, 0.1) is 0 Å². The molecule has 2 aromatic rings. The molecule has 0 aliphatic carbocycles. The average molecular weight is 412 g/mol. The van der Waals surface area contributed by atoms with Gasteiger partial charge in [0.1, 0.15) is 18.9 Å². The molecule has 24 heavy (non-hydrogen) atoms. The van der Waals surface area contributed by atoms with E-state index in [-0.39, 0.29) is 11.7 Å². The summed E-state index contributed by atoms with van der Waals surface area (Å²) >= 11 is 4.57. The van der Waals surface area contributed by atoms with E-state index >= 15 is 0 Å². The number of fused-ring (bicyclic) bond motifs is 1. The molecule has 3 rings (SSSR count). The number of benzene rings is 1. The first-order chi connectivity index (χ1) is 11.6. The van der Waals surface area contributed by atoms with E-state index in [1.807, 2.05) is 18.2 Å². The zero-order valence-corrected chi connectivity index (χ0v) is 14.8. The maximum absolute atomic E-state index is 11.8. The van der Waals surface area contributed by atoms with Crippen molar-refractivity contribution in [2.75, 3.05) is 19.0 Å². The molecule has 0 saturated heterocycles. The third-order valence-corrected chi connectivity index (χ3v) is 4.54. The minimum Gasteiger partial charge on any atom is -0.486 e. The molecule has 0 spiro atoms. The second kappa shape index (κ2) is 7.63. The number of carbonyl (C=O) groups excluding carboxylic acids is 2. The Kier molecular flexibility index (Phi) is 5.31. The maximum atomic E-state index is 11.8. The number of thioether (sulfide) groups is 1. The fourth-order valence-corrected chi connectivity index (χ4v) is 3.06. The van der Waals surface area contributed by atoms with Gasteiger partial charge in [-0.05, 0) is 40.2 Å². The largest absolute Gasteiger partial charge is 0.486 e. The molecule has 9 heteroatoms. The zero-order valence-electron chi connectivity index (χ0n) is 12.4. The molecule has 0 atom stereocenters. The number of nitrogens with one attached hydrogen (secondary N) is 3. The van der Waals surface area contributed by atoms with Crippen molar-refractivity contribution in [3.8, 4) is 11.5 Å². The molecule has 3 N–H and O–H groups in total. The van der Waals surface area contributed by atoms with Crippen LogP contribution in [0.4, 0.5) is 0 Å². The summed E-state index contributed by atoms with van der Waals surface area (Å²) in [5, 5.41) is 0. The second-order valence-corrected chi connectivity index (χ2v) is 6.79. The number of aromatic nitrogens is 1. The molecule has 2 amide bonds. The van der Waals surface area contributed by atoms with E-state index in [9.17, 15) is 9.59 Å². The van der Waals surface area contributed by atoms with Gasteiger partial charge in [-0.25, -0.2) is 0 Å². The van der Waals surface area contributed by atoms with Crippen LogP contribution in [-0.4, -0.2) is 35.8 Å². The van der Waals surface area contributed by atoms with Crippen molar-refractivity contribution in [1.29, 1.82) is 0 Å². The van der Waals surface area contributed by atoms with Crippen LogP contribution in [0.25, 0.3) is 0 Å². The Balaban J connectivity index is 1.46. The van der Waals surface area contributed by atoms with Crippen molar-refractivity contribution in [3.63, 3.8) is 0 Å². The number of hydrazine groups is 1. The fraction of sp³-hybridized carbons (Fsp3) is 0.200. The number of rotatable bonds is 4. The van der Waals surface area contributed by atoms with Crippen LogP contribution in [0.15, 0.2) is 39.8 Å². The number of hydrogen-bond acceptors (Lipinski definition) is 5. The fourth-order valence-electron chi connectivity index (χ4n) is 1.99. The minimum atomic E-state index is -0.418. The Morgan fingerprint density at radius 2 is 1.96 bits per heavy atom. The van der Waals surface area contributed by atoms with Crippen molar-refractivity contribution < 1.29 is 19.1 Å². The van der Waals surface area contributed by atoms with Gasteiger partial charge in [0.2, 0.25) is 5.91 Å². The summed E-state index contributed by atoms with van der Waals surface area (Å²) in [4.78, 5) is 27.3. The standard InChI is InChI=1S/C15H14BrN3O4S/c16-9-5-11(17-7-9)15(21)19-18-14(20)8-24-10-1-2-12-13(6-10)23-4-3-22-12/h1-2,5-7,17H,3-4,8H2,(H,18,20)(H,19,21). The number of aromatic amines is 1. The molecule has 0 fully saturated rings. The van der Waals surface area contributed by atoms with Crippen molar-refractivity contribution in [3.05, 3.63) is 40.6 Å². The smallest absolute Gasteiger partial charge is 0.286 e. The Morgan fingerprint density at radius 3 is 2.71 bits per heavy atom. The van der Waals surface area contributed by atoms with Gasteiger partial charge in [-0.3, -0.25) is 20.4 Å². The van der Waals surface area contributed by atoms with Crippen LogP contribution in [0.2, 0.25) is 0 Å². The van der Waals surface area contributed by atoms with Crippen LogP contribution in [0.3, 0.4) is 0 Å². The van der Waals surface area contributed by atoms with Crippen molar-refractivity contribution in [1.82, 2.24) is 15.8 Å². The van der Waals surface area contributed by atoms with Crippen LogP contribution < -0.4 is 20.3 Å². The SMILES string of the molecule is O=C(CSc1ccc2c(c1)OCCO2)NNC(=O)c1cc(Br)c[nH]1. The second-order valence-electron chi connectivity index (χ2n) is 4.83. The van der Waals surface area contributed by atoms with Crippen LogP contribution in [0.1, 0.15) is 10.5 Å². The van der Waals surface area contributed by atoms with E-state index in [1.165, 1.54) is 11.8 Å². The summed E-state index contributed by atoms with van der Waals surface area (Å²) in [5.74, 6) is 0.817. The maximum Gasteiger partial charge on any atom is 0.286 e. The van der Waals surface area contributed by atoms with Gasteiger partial charge < -0.3 is 14.5 Å². The highest BCUT2D eigenvalue weighted by atomic mass is 79.9. The highest BCUT2D eigenvalue weighted by Crippen LogP contribution is 2.34. The van der Waals surface area contributed by atoms with Crippen LogP contribution in [-0.2, 0) is 4.79 Å². The first-order valence-corrected chi connectivity index (χ1v) is 8.85. The number of carbonyl (C=O) groups is 2. The van der Waals surface area contributed by atoms with Gasteiger partial charge in [0.25, 0.3) is 5.91 Å². The molecule has 126 valence electrons. The summed E-state index contributed by atoms with van der Waals surface area (Å²) in [6.45, 7) is 1.06. The molecule has 0 saturated carbocycles. The van der Waals surface area contributed by atoms with E-state index in [0.29, 0.717) is 30.4 Å². The van der Waals surface area contributed by atoms with Gasteiger partial charge in [-0.1, -0.05) is 0 Å². The topological polar surface area (TPSA) is 92.4 Å². The Labute approximate surface area is 150 Å². The summed E-state index contributed by atoms with van der Waals surface area (Å²) in [5.41, 5.74) is 5.07. The van der Waals surface area contributed by atoms with Crippen LogP contribution >= 0.6 is 27.7 Å². The lowest BCUT2D eigenvalue weighted by Gasteiger charge is -2.18. The third-order valence-electron chi connectivity index (χ3n) is 3.09. The summed E-state index contributed by atoms with van der Waals surface area (Å²) in [6.07, 6.45) is 1.63. The van der Waals surface area contributed by atoms with E-state index in [0.717, 1.165) is 9.37 Å². The lowest BCUT2D eigenvalue weighted by molar-refractivity contribution is -0.119. The van der Waals surface area contributed by atoms with Crippen molar-refractivity contribution in [2.45, 2.75) is 4.90 Å². The molecule has 1 aliphatic heterocycles. The number of hydrogen-bond donors (Lipinski definition) is 3. The Bertz CT molecular complexity index is 765. The number of amides is 2. The lowest BCUT2D eigenvalue weighted by atomic mass is 10.3. The molecule has 1 aromatic heterocycles. The molecule has 0 radical (unpaired) electrons. The predicted octanol–water partition coefficient (Wildman–Crippen LogP) is 2.10. The van der Waals surface area contributed by atoms with E-state index in [4.69, 9.17) is 9.47 Å². The Hall–Kier alpha value is -2.13. The summed E-state index contributed by atoms with van der Waals surface area (Å²) in [7, 11) is 0. The molecule has 7 nitrogen and oxygen atoms in total. The van der Waals surface area contributed by atoms with E-state index in [1.54, 1.807) is 12.3 Å². The van der Waals surface area contributed by atoms with Crippen LogP contribution in [0.5, 0.6) is 11.5 Å². The quantitative estimate of drug-likeness (QED) is 0.529. The highest BCUT2D eigenvalue weighted by molar-refractivity contribution is 9.10. The highest BCUT2D eigenvalue weighted by Gasteiger charge is 2.13. The molecule has 2 heterocycles. The first kappa shape index (κ1) is 16.7. The van der Waals surface area contributed by atoms with Crippen molar-refractivity contribution in [2.24, 2.45) is 0 Å². The van der Waals surface area contributed by atoms with Gasteiger partial charge in [-0.15, -0.1) is 11.8 Å². The van der Waals surface area contributed by atoms with Gasteiger partial charge >= 0.3 is 0 Å². The number of halogens is 1. The predicted molar refractivity (Wildman–Crippen MR) is 92.3 cm³/mol. The normalized spacial score (nSPS) is 12.5. The minimum absolute atomic E-state index is 0.161. The molecule has 0 bridgehead atoms. The van der Waals surface area contributed by atoms with Gasteiger partial charge in [-0.2, -0.15) is 0 Å². The van der Waals surface area contributed by atoms with E-state index in [2.05, 4.69) is 31.8 Å². The Morgan fingerprint density at radius 1 is 1.17 bits per heavy atom. The molecule has 1 aliphatic rings. The monoisotopic (exact) mass is 411 g/mol. The van der Waals surface area contributed by atoms with Gasteiger partial charge in [0.05, 0.1) is 5.75 Å². The molecule has 1 aromatic carbocycles. The lowest BCUT2D eigenvalue weighted by Crippen LogP contribution is -2.42. The third kappa shape index (κ3) is 4.24. The summed E-state index contributed by atoms with van der Waals surface area (Å²) in [6, 6.07) is 7.13. The molecule has 0 unspecified atom stereocenters. The zero-order chi connectivity index (χ0) is 16.9. The van der Waals surface area contributed by atoms with E-state index < -0.39 is 5.91 Å². The first-order valence-electron chi connectivity index (χ1n) is 7.07. The van der Waals surface area contributed by atoms with Gasteiger partial charge in [0.15, 0.2) is 11.5 Å². The van der Waals surface area contributed by atoms with Crippen molar-refractivity contribution >= 4 is 39.5 Å². The molecular weight excluding hydrogens is 398 g/mol. The van der Waals surface area contributed by atoms with Gasteiger partial charge in [0, 0.05) is 15.6 Å². The number of H-pyrrole nitrogens is 1. The summed E-state index contributed by atoms with van der Waals surface area (Å²) < 4.78 is 11.7.